The SMILES string of the molecule is O=C(N/N=C1/CCCC[C@@H]1c1ccccc1)c1ccc2c(c1)S(=O)(=O)NNC2=O. The van der Waals surface area contributed by atoms with Crippen LogP contribution in [0.5, 0.6) is 0 Å². The second kappa shape index (κ2) is 7.76. The highest BCUT2D eigenvalue weighted by atomic mass is 32.2. The Morgan fingerprint density at radius 3 is 2.69 bits per heavy atom. The molecular formula is C20H20N4O4S. The molecule has 1 aliphatic carbocycles. The van der Waals surface area contributed by atoms with E-state index in [2.05, 4.69) is 28.1 Å². The summed E-state index contributed by atoms with van der Waals surface area (Å²) in [7, 11) is -3.91. The molecule has 4 rings (SSSR count). The number of carbonyl (C=O) groups excluding carboxylic acids is 2. The van der Waals surface area contributed by atoms with Gasteiger partial charge in [0.05, 0.1) is 10.5 Å². The zero-order chi connectivity index (χ0) is 20.4. The Morgan fingerprint density at radius 2 is 1.90 bits per heavy atom. The van der Waals surface area contributed by atoms with Gasteiger partial charge in [0, 0.05) is 17.2 Å². The number of fused-ring (bicyclic) bond motifs is 1. The highest BCUT2D eigenvalue weighted by Gasteiger charge is 2.29. The van der Waals surface area contributed by atoms with Crippen molar-refractivity contribution in [3.63, 3.8) is 0 Å². The molecule has 29 heavy (non-hydrogen) atoms. The highest BCUT2D eigenvalue weighted by molar-refractivity contribution is 7.89. The molecule has 1 fully saturated rings. The maximum absolute atomic E-state index is 12.6. The van der Waals surface area contributed by atoms with Gasteiger partial charge in [-0.3, -0.25) is 15.0 Å². The summed E-state index contributed by atoms with van der Waals surface area (Å²) >= 11 is 0. The maximum atomic E-state index is 12.6. The molecule has 8 nitrogen and oxygen atoms in total. The number of carbonyl (C=O) groups is 2. The van der Waals surface area contributed by atoms with Crippen LogP contribution in [0.4, 0.5) is 0 Å². The first-order valence-corrected chi connectivity index (χ1v) is 10.8. The molecule has 2 aromatic rings. The number of hydrazone groups is 1. The molecule has 1 atom stereocenters. The van der Waals surface area contributed by atoms with E-state index in [1.807, 2.05) is 23.0 Å². The Labute approximate surface area is 168 Å². The zero-order valence-corrected chi connectivity index (χ0v) is 16.3. The van der Waals surface area contributed by atoms with Crippen LogP contribution in [0.1, 0.15) is 57.9 Å². The molecule has 0 spiro atoms. The van der Waals surface area contributed by atoms with Crippen LogP contribution in [0.3, 0.4) is 0 Å². The Hall–Kier alpha value is -3.04. The van der Waals surface area contributed by atoms with Crippen LogP contribution in [0.2, 0.25) is 0 Å². The third-order valence-corrected chi connectivity index (χ3v) is 6.45. The van der Waals surface area contributed by atoms with Crippen LogP contribution in [0.15, 0.2) is 58.5 Å². The minimum Gasteiger partial charge on any atom is -0.273 e. The number of benzene rings is 2. The highest BCUT2D eigenvalue weighted by Crippen LogP contribution is 2.30. The summed E-state index contributed by atoms with van der Waals surface area (Å²) < 4.78 is 24.2. The number of sulfonamides is 1. The van der Waals surface area contributed by atoms with Crippen LogP contribution in [-0.2, 0) is 10.0 Å². The van der Waals surface area contributed by atoms with Gasteiger partial charge in [0.25, 0.3) is 21.8 Å². The number of amides is 2. The first kappa shape index (κ1) is 19.3. The zero-order valence-electron chi connectivity index (χ0n) is 15.5. The predicted molar refractivity (Wildman–Crippen MR) is 107 cm³/mol. The van der Waals surface area contributed by atoms with Crippen LogP contribution < -0.4 is 15.7 Å². The summed E-state index contributed by atoms with van der Waals surface area (Å²) in [5.41, 5.74) is 6.78. The van der Waals surface area contributed by atoms with Gasteiger partial charge in [-0.15, -0.1) is 4.83 Å². The van der Waals surface area contributed by atoms with Crippen molar-refractivity contribution < 1.29 is 18.0 Å². The maximum Gasteiger partial charge on any atom is 0.271 e. The van der Waals surface area contributed by atoms with Gasteiger partial charge in [0.1, 0.15) is 0 Å². The largest absolute Gasteiger partial charge is 0.273 e. The molecule has 2 amide bonds. The smallest absolute Gasteiger partial charge is 0.271 e. The van der Waals surface area contributed by atoms with E-state index in [1.54, 1.807) is 0 Å². The molecule has 9 heteroatoms. The average Bonchev–Trinajstić information content (AvgIpc) is 2.75. The fourth-order valence-electron chi connectivity index (χ4n) is 3.67. The van der Waals surface area contributed by atoms with Crippen LogP contribution in [0, 0.1) is 0 Å². The minimum absolute atomic E-state index is 0.0111. The lowest BCUT2D eigenvalue weighted by Crippen LogP contribution is -2.46. The van der Waals surface area contributed by atoms with Gasteiger partial charge < -0.3 is 0 Å². The van der Waals surface area contributed by atoms with Crippen molar-refractivity contribution in [2.45, 2.75) is 36.5 Å². The van der Waals surface area contributed by atoms with Crippen LogP contribution >= 0.6 is 0 Å². The lowest BCUT2D eigenvalue weighted by Gasteiger charge is -2.24. The fraction of sp³-hybridized carbons (Fsp3) is 0.250. The van der Waals surface area contributed by atoms with Gasteiger partial charge in [0.15, 0.2) is 0 Å². The van der Waals surface area contributed by atoms with E-state index in [0.717, 1.165) is 37.0 Å². The molecule has 2 aromatic carbocycles. The first-order valence-electron chi connectivity index (χ1n) is 9.33. The number of nitrogens with one attached hydrogen (secondary N) is 3. The van der Waals surface area contributed by atoms with Crippen LogP contribution in [-0.4, -0.2) is 25.9 Å². The molecule has 1 aliphatic heterocycles. The molecule has 2 aliphatic rings. The van der Waals surface area contributed by atoms with E-state index in [1.165, 1.54) is 18.2 Å². The fourth-order valence-corrected chi connectivity index (χ4v) is 4.74. The summed E-state index contributed by atoms with van der Waals surface area (Å²) in [6, 6.07) is 13.9. The lowest BCUT2D eigenvalue weighted by atomic mass is 9.82. The summed E-state index contributed by atoms with van der Waals surface area (Å²) in [6.45, 7) is 0. The van der Waals surface area contributed by atoms with Crippen molar-refractivity contribution in [2.75, 3.05) is 0 Å². The third-order valence-electron chi connectivity index (χ3n) is 5.16. The molecule has 0 saturated heterocycles. The minimum atomic E-state index is -3.91. The topological polar surface area (TPSA) is 117 Å². The third kappa shape index (κ3) is 3.92. The molecule has 1 saturated carbocycles. The molecule has 150 valence electrons. The molecule has 0 aromatic heterocycles. The standard InChI is InChI=1S/C20H20N4O4S/c25-19(14-10-11-16-18(12-14)29(27,28)24-23-20(16)26)22-21-17-9-5-4-8-15(17)13-6-2-1-3-7-13/h1-3,6-7,10-12,15,24H,4-5,8-9H2,(H,22,25)(H,23,26)/b21-17-/t15-/m1/s1. The Bertz CT molecular complexity index is 1100. The van der Waals surface area contributed by atoms with E-state index >= 15 is 0 Å². The predicted octanol–water partition coefficient (Wildman–Crippen LogP) is 2.07. The van der Waals surface area contributed by atoms with E-state index in [4.69, 9.17) is 0 Å². The number of hydrazine groups is 1. The van der Waals surface area contributed by atoms with Crippen LogP contribution in [0.25, 0.3) is 0 Å². The van der Waals surface area contributed by atoms with Gasteiger partial charge in [-0.25, -0.2) is 13.8 Å². The van der Waals surface area contributed by atoms with Crippen molar-refractivity contribution in [2.24, 2.45) is 5.10 Å². The molecule has 1 heterocycles. The Morgan fingerprint density at radius 1 is 1.10 bits per heavy atom. The second-order valence-corrected chi connectivity index (χ2v) is 8.67. The molecular weight excluding hydrogens is 392 g/mol. The van der Waals surface area contributed by atoms with E-state index in [9.17, 15) is 18.0 Å². The van der Waals surface area contributed by atoms with Gasteiger partial charge in [-0.1, -0.05) is 36.8 Å². The van der Waals surface area contributed by atoms with E-state index in [-0.39, 0.29) is 21.9 Å². The molecule has 0 unspecified atom stereocenters. The van der Waals surface area contributed by atoms with Crippen molar-refractivity contribution in [1.29, 1.82) is 0 Å². The number of rotatable bonds is 3. The Balaban J connectivity index is 1.57. The second-order valence-electron chi connectivity index (χ2n) is 7.02. The lowest BCUT2D eigenvalue weighted by molar-refractivity contribution is 0.0930. The normalized spacial score (nSPS) is 21.9. The quantitative estimate of drug-likeness (QED) is 0.669. The Kier molecular flexibility index (Phi) is 5.16. The van der Waals surface area contributed by atoms with E-state index in [0.29, 0.717) is 0 Å². The summed E-state index contributed by atoms with van der Waals surface area (Å²) in [6.07, 6.45) is 3.87. The van der Waals surface area contributed by atoms with Gasteiger partial charge in [0.2, 0.25) is 0 Å². The van der Waals surface area contributed by atoms with Crippen molar-refractivity contribution in [3.05, 3.63) is 65.2 Å². The number of hydrogen-bond donors (Lipinski definition) is 3. The monoisotopic (exact) mass is 412 g/mol. The molecule has 3 N–H and O–H groups in total. The van der Waals surface area contributed by atoms with E-state index < -0.39 is 21.8 Å². The average molecular weight is 412 g/mol. The van der Waals surface area contributed by atoms with Crippen molar-refractivity contribution >= 4 is 27.5 Å². The number of hydrogen-bond acceptors (Lipinski definition) is 5. The van der Waals surface area contributed by atoms with Crippen molar-refractivity contribution in [3.8, 4) is 0 Å². The number of nitrogens with zero attached hydrogens (tertiary/aromatic N) is 1. The summed E-state index contributed by atoms with van der Waals surface area (Å²) in [4.78, 5) is 26.1. The summed E-state index contributed by atoms with van der Waals surface area (Å²) in [5, 5.41) is 4.35. The molecule has 0 radical (unpaired) electrons. The summed E-state index contributed by atoms with van der Waals surface area (Å²) in [5.74, 6) is -0.948. The molecule has 0 bridgehead atoms. The van der Waals surface area contributed by atoms with Gasteiger partial charge in [-0.05, 0) is 43.0 Å². The van der Waals surface area contributed by atoms with Gasteiger partial charge in [-0.2, -0.15) is 5.10 Å². The van der Waals surface area contributed by atoms with Gasteiger partial charge >= 0.3 is 0 Å². The van der Waals surface area contributed by atoms with Crippen molar-refractivity contribution in [1.82, 2.24) is 15.7 Å². The first-order chi connectivity index (χ1) is 14.0.